The Labute approximate surface area is 130 Å². The summed E-state index contributed by atoms with van der Waals surface area (Å²) in [7, 11) is 0. The van der Waals surface area contributed by atoms with Gasteiger partial charge in [0.2, 0.25) is 0 Å². The molecule has 1 aromatic carbocycles. The standard InChI is InChI=1S/C17H20ClNO2/c1-15-10-21-17(9-11(15)7-8-16(15,17)2)14(20)19-13-6-4-3-5-12(13)18/h3-6,11H,7-10H2,1-2H3,(H,19,20)/t11-,15-,16+,17-/m0/s1. The van der Waals surface area contributed by atoms with Gasteiger partial charge in [0.1, 0.15) is 0 Å². The molecule has 1 aliphatic heterocycles. The Kier molecular flexibility index (Phi) is 2.60. The molecule has 2 aliphatic carbocycles. The lowest BCUT2D eigenvalue weighted by atomic mass is 9.66. The first kappa shape index (κ1) is 13.6. The maximum Gasteiger partial charge on any atom is 0.257 e. The average Bonchev–Trinajstić information content (AvgIpc) is 2.93. The zero-order valence-electron chi connectivity index (χ0n) is 12.4. The molecule has 3 fully saturated rings. The molecule has 0 radical (unpaired) electrons. The molecule has 3 aliphatic rings. The molecule has 1 saturated heterocycles. The second-order valence-corrected chi connectivity index (χ2v) is 7.65. The van der Waals surface area contributed by atoms with Gasteiger partial charge in [-0.2, -0.15) is 0 Å². The van der Waals surface area contributed by atoms with E-state index in [1.54, 1.807) is 6.07 Å². The van der Waals surface area contributed by atoms with Crippen molar-refractivity contribution in [1.29, 1.82) is 0 Å². The van der Waals surface area contributed by atoms with Gasteiger partial charge < -0.3 is 10.1 Å². The third-order valence-electron chi connectivity index (χ3n) is 6.69. The molecule has 21 heavy (non-hydrogen) atoms. The molecule has 4 atom stereocenters. The third kappa shape index (κ3) is 1.42. The van der Waals surface area contributed by atoms with Crippen molar-refractivity contribution >= 4 is 23.2 Å². The van der Waals surface area contributed by atoms with Crippen LogP contribution >= 0.6 is 11.6 Å². The highest BCUT2D eigenvalue weighted by Crippen LogP contribution is 2.75. The van der Waals surface area contributed by atoms with E-state index in [0.29, 0.717) is 23.2 Å². The summed E-state index contributed by atoms with van der Waals surface area (Å²) in [6.07, 6.45) is 3.14. The van der Waals surface area contributed by atoms with Gasteiger partial charge in [0, 0.05) is 10.8 Å². The Hall–Kier alpha value is -1.06. The van der Waals surface area contributed by atoms with E-state index in [1.165, 1.54) is 6.42 Å². The predicted molar refractivity (Wildman–Crippen MR) is 82.3 cm³/mol. The Morgan fingerprint density at radius 1 is 1.38 bits per heavy atom. The van der Waals surface area contributed by atoms with Gasteiger partial charge in [-0.1, -0.05) is 37.6 Å². The minimum Gasteiger partial charge on any atom is -0.364 e. The van der Waals surface area contributed by atoms with Crippen LogP contribution in [0.5, 0.6) is 0 Å². The van der Waals surface area contributed by atoms with Crippen molar-refractivity contribution in [3.05, 3.63) is 29.3 Å². The molecule has 4 heteroatoms. The van der Waals surface area contributed by atoms with Crippen molar-refractivity contribution in [2.24, 2.45) is 16.7 Å². The highest BCUT2D eigenvalue weighted by atomic mass is 35.5. The number of hydrogen-bond donors (Lipinski definition) is 1. The second kappa shape index (κ2) is 4.02. The molecule has 0 unspecified atom stereocenters. The van der Waals surface area contributed by atoms with Crippen molar-refractivity contribution < 1.29 is 9.53 Å². The van der Waals surface area contributed by atoms with Crippen molar-refractivity contribution in [1.82, 2.24) is 0 Å². The third-order valence-corrected chi connectivity index (χ3v) is 7.02. The first-order chi connectivity index (χ1) is 9.93. The van der Waals surface area contributed by atoms with Crippen LogP contribution in [0.25, 0.3) is 0 Å². The summed E-state index contributed by atoms with van der Waals surface area (Å²) < 4.78 is 6.10. The molecule has 1 aromatic rings. The Morgan fingerprint density at radius 2 is 2.14 bits per heavy atom. The fraction of sp³-hybridized carbons (Fsp3) is 0.588. The monoisotopic (exact) mass is 305 g/mol. The Balaban J connectivity index is 1.68. The van der Waals surface area contributed by atoms with Gasteiger partial charge in [-0.15, -0.1) is 0 Å². The number of amides is 1. The predicted octanol–water partition coefficient (Wildman–Crippen LogP) is 3.87. The van der Waals surface area contributed by atoms with E-state index in [1.807, 2.05) is 18.2 Å². The van der Waals surface area contributed by atoms with Gasteiger partial charge in [0.05, 0.1) is 17.3 Å². The molecule has 0 spiro atoms. The first-order valence-electron chi connectivity index (χ1n) is 7.63. The number of hydrogen-bond acceptors (Lipinski definition) is 2. The topological polar surface area (TPSA) is 38.3 Å². The summed E-state index contributed by atoms with van der Waals surface area (Å²) in [5.74, 6) is 0.581. The first-order valence-corrected chi connectivity index (χ1v) is 8.01. The van der Waals surface area contributed by atoms with Crippen LogP contribution in [0.15, 0.2) is 24.3 Å². The number of halogens is 1. The van der Waals surface area contributed by atoms with Gasteiger partial charge in [0.25, 0.3) is 5.91 Å². The molecule has 1 heterocycles. The van der Waals surface area contributed by atoms with Gasteiger partial charge >= 0.3 is 0 Å². The largest absolute Gasteiger partial charge is 0.364 e. The van der Waals surface area contributed by atoms with E-state index in [2.05, 4.69) is 19.2 Å². The van der Waals surface area contributed by atoms with Crippen molar-refractivity contribution in [3.8, 4) is 0 Å². The summed E-state index contributed by atoms with van der Waals surface area (Å²) in [5.41, 5.74) is 0.0760. The minimum absolute atomic E-state index is 0.0241. The van der Waals surface area contributed by atoms with E-state index in [9.17, 15) is 4.79 Å². The highest BCUT2D eigenvalue weighted by molar-refractivity contribution is 6.33. The van der Waals surface area contributed by atoms with E-state index in [0.717, 1.165) is 12.8 Å². The van der Waals surface area contributed by atoms with Crippen LogP contribution in [0.3, 0.4) is 0 Å². The molecule has 1 amide bonds. The van der Waals surface area contributed by atoms with Gasteiger partial charge in [-0.25, -0.2) is 0 Å². The van der Waals surface area contributed by atoms with Crippen LogP contribution in [-0.2, 0) is 9.53 Å². The molecule has 0 aromatic heterocycles. The molecule has 2 saturated carbocycles. The minimum atomic E-state index is -0.677. The normalized spacial score (nSPS) is 43.3. The number of carbonyl (C=O) groups excluding carboxylic acids is 1. The zero-order chi connectivity index (χ0) is 14.9. The molecule has 4 rings (SSSR count). The van der Waals surface area contributed by atoms with Crippen LogP contribution in [0.1, 0.15) is 33.1 Å². The molecule has 4 bridgehead atoms. The molecule has 112 valence electrons. The lowest BCUT2D eigenvalue weighted by Gasteiger charge is -2.40. The number of anilines is 1. The molecular formula is C17H20ClNO2. The lowest BCUT2D eigenvalue weighted by Crippen LogP contribution is -2.52. The number of rotatable bonds is 2. The quantitative estimate of drug-likeness (QED) is 0.900. The van der Waals surface area contributed by atoms with Gasteiger partial charge in [-0.3, -0.25) is 4.79 Å². The van der Waals surface area contributed by atoms with Crippen LogP contribution in [0.4, 0.5) is 5.69 Å². The van der Waals surface area contributed by atoms with Crippen molar-refractivity contribution in [3.63, 3.8) is 0 Å². The summed E-state index contributed by atoms with van der Waals surface area (Å²) in [6.45, 7) is 5.23. The van der Waals surface area contributed by atoms with Crippen molar-refractivity contribution in [2.75, 3.05) is 11.9 Å². The smallest absolute Gasteiger partial charge is 0.257 e. The van der Waals surface area contributed by atoms with Gasteiger partial charge in [-0.05, 0) is 37.3 Å². The fourth-order valence-electron chi connectivity index (χ4n) is 5.04. The summed E-state index contributed by atoms with van der Waals surface area (Å²) in [6, 6.07) is 7.36. The average molecular weight is 306 g/mol. The number of para-hydroxylation sites is 1. The number of nitrogens with one attached hydrogen (secondary N) is 1. The van der Waals surface area contributed by atoms with E-state index >= 15 is 0 Å². The lowest BCUT2D eigenvalue weighted by molar-refractivity contribution is -0.149. The highest BCUT2D eigenvalue weighted by Gasteiger charge is 2.78. The summed E-state index contributed by atoms with van der Waals surface area (Å²) in [4.78, 5) is 13.0. The SMILES string of the molecule is C[C@]12CC[C@H]3C[C@@]1(C(=O)Nc1ccccc1Cl)OC[C@@]32C. The Morgan fingerprint density at radius 3 is 2.81 bits per heavy atom. The molecule has 1 N–H and O–H groups in total. The van der Waals surface area contributed by atoms with Crippen molar-refractivity contribution in [2.45, 2.75) is 38.7 Å². The Bertz CT molecular complexity index is 633. The van der Waals surface area contributed by atoms with Gasteiger partial charge in [0.15, 0.2) is 5.60 Å². The number of benzene rings is 1. The number of ether oxygens (including phenoxy) is 1. The second-order valence-electron chi connectivity index (χ2n) is 7.24. The molecular weight excluding hydrogens is 286 g/mol. The number of carbonyl (C=O) groups is 1. The summed E-state index contributed by atoms with van der Waals surface area (Å²) in [5, 5.41) is 3.57. The molecule has 3 nitrogen and oxygen atoms in total. The van der Waals surface area contributed by atoms with Crippen LogP contribution in [0.2, 0.25) is 5.02 Å². The summed E-state index contributed by atoms with van der Waals surface area (Å²) >= 11 is 6.16. The van der Waals surface area contributed by atoms with E-state index in [4.69, 9.17) is 16.3 Å². The van der Waals surface area contributed by atoms with Crippen LogP contribution < -0.4 is 5.32 Å². The maximum absolute atomic E-state index is 13.0. The fourth-order valence-corrected chi connectivity index (χ4v) is 5.23. The van der Waals surface area contributed by atoms with E-state index in [-0.39, 0.29) is 16.7 Å². The zero-order valence-corrected chi connectivity index (χ0v) is 13.2. The maximum atomic E-state index is 13.0. The van der Waals surface area contributed by atoms with Crippen LogP contribution in [-0.4, -0.2) is 18.1 Å². The van der Waals surface area contributed by atoms with Crippen LogP contribution in [0, 0.1) is 16.7 Å². The van der Waals surface area contributed by atoms with E-state index < -0.39 is 5.60 Å².